The van der Waals surface area contributed by atoms with E-state index in [9.17, 15) is 0 Å². The van der Waals surface area contributed by atoms with E-state index in [-0.39, 0.29) is 0 Å². The fourth-order valence-electron chi connectivity index (χ4n) is 2.35. The number of rotatable bonds is 4. The predicted molar refractivity (Wildman–Crippen MR) is 79.7 cm³/mol. The number of nitrogens with zero attached hydrogens (tertiary/aromatic N) is 1. The third-order valence-corrected chi connectivity index (χ3v) is 3.82. The maximum Gasteiger partial charge on any atom is 0.152 e. The molecule has 0 spiro atoms. The topological polar surface area (TPSA) is 24.9 Å². The number of nitrogens with one attached hydrogen (secondary N) is 1. The van der Waals surface area contributed by atoms with Gasteiger partial charge >= 0.3 is 0 Å². The van der Waals surface area contributed by atoms with Gasteiger partial charge < -0.3 is 5.32 Å². The summed E-state index contributed by atoms with van der Waals surface area (Å²) in [7, 11) is 0. The third kappa shape index (κ3) is 2.90. The molecule has 1 aromatic carbocycles. The Balaban J connectivity index is 1.77. The molecule has 0 bridgehead atoms. The number of halogens is 1. The van der Waals surface area contributed by atoms with Crippen LogP contribution < -0.4 is 5.32 Å². The number of anilines is 1. The molecule has 3 heteroatoms. The van der Waals surface area contributed by atoms with E-state index >= 15 is 0 Å². The van der Waals surface area contributed by atoms with Gasteiger partial charge in [-0.05, 0) is 48.4 Å². The summed E-state index contributed by atoms with van der Waals surface area (Å²) >= 11 is 6.10. The zero-order valence-electron chi connectivity index (χ0n) is 11.0. The van der Waals surface area contributed by atoms with Crippen molar-refractivity contribution < 1.29 is 0 Å². The molecule has 0 amide bonds. The summed E-state index contributed by atoms with van der Waals surface area (Å²) in [5, 5.41) is 3.94. The lowest BCUT2D eigenvalue weighted by Crippen LogP contribution is -2.03. The number of hydrogen-bond donors (Lipinski definition) is 1. The van der Waals surface area contributed by atoms with Crippen molar-refractivity contribution in [1.29, 1.82) is 0 Å². The second kappa shape index (κ2) is 5.22. The largest absolute Gasteiger partial charge is 0.378 e. The van der Waals surface area contributed by atoms with E-state index in [2.05, 4.69) is 34.6 Å². The minimum Gasteiger partial charge on any atom is -0.378 e. The van der Waals surface area contributed by atoms with Crippen molar-refractivity contribution in [1.82, 2.24) is 4.98 Å². The predicted octanol–water partition coefficient (Wildman–Crippen LogP) is 4.53. The molecule has 1 saturated carbocycles. The number of hydrogen-bond acceptors (Lipinski definition) is 2. The number of pyridine rings is 1. The third-order valence-electron chi connectivity index (χ3n) is 3.52. The van der Waals surface area contributed by atoms with Crippen molar-refractivity contribution in [3.63, 3.8) is 0 Å². The second-order valence-corrected chi connectivity index (χ2v) is 5.54. The van der Waals surface area contributed by atoms with E-state index in [1.807, 2.05) is 13.0 Å². The highest BCUT2D eigenvalue weighted by Crippen LogP contribution is 2.41. The molecule has 19 heavy (non-hydrogen) atoms. The van der Waals surface area contributed by atoms with Crippen LogP contribution in [0.4, 0.5) is 5.69 Å². The highest BCUT2D eigenvalue weighted by molar-refractivity contribution is 6.31. The monoisotopic (exact) mass is 272 g/mol. The molecule has 0 aliphatic heterocycles. The number of aryl methyl sites for hydroxylation is 1. The molecular formula is C16H17ClN2. The lowest BCUT2D eigenvalue weighted by atomic mass is 10.0. The summed E-state index contributed by atoms with van der Waals surface area (Å²) in [6.07, 6.45) is 4.43. The minimum absolute atomic E-state index is 0.537. The highest BCUT2D eigenvalue weighted by Gasteiger charge is 2.25. The maximum atomic E-state index is 6.10. The summed E-state index contributed by atoms with van der Waals surface area (Å²) in [6.45, 7) is 2.82. The Kier molecular flexibility index (Phi) is 3.43. The van der Waals surface area contributed by atoms with Crippen LogP contribution >= 0.6 is 11.6 Å². The molecule has 1 N–H and O–H groups in total. The van der Waals surface area contributed by atoms with E-state index in [1.54, 1.807) is 6.20 Å². The van der Waals surface area contributed by atoms with Gasteiger partial charge in [-0.3, -0.25) is 0 Å². The molecular weight excluding hydrogens is 256 g/mol. The fraction of sp³-hybridized carbons (Fsp3) is 0.312. The molecule has 1 fully saturated rings. The molecule has 0 radical (unpaired) electrons. The van der Waals surface area contributed by atoms with Crippen LogP contribution in [0.15, 0.2) is 36.5 Å². The molecule has 2 aromatic rings. The molecule has 1 aromatic heterocycles. The molecule has 1 heterocycles. The summed E-state index contributed by atoms with van der Waals surface area (Å²) in [4.78, 5) is 4.16. The Labute approximate surface area is 118 Å². The maximum absolute atomic E-state index is 6.10. The molecule has 3 rings (SSSR count). The molecule has 1 aliphatic carbocycles. The van der Waals surface area contributed by atoms with Crippen LogP contribution in [0.2, 0.25) is 5.15 Å². The highest BCUT2D eigenvalue weighted by atomic mass is 35.5. The summed E-state index contributed by atoms with van der Waals surface area (Å²) in [5.41, 5.74) is 4.86. The van der Waals surface area contributed by atoms with Gasteiger partial charge in [0.1, 0.15) is 0 Å². The van der Waals surface area contributed by atoms with Gasteiger partial charge in [-0.15, -0.1) is 0 Å². The van der Waals surface area contributed by atoms with Gasteiger partial charge in [0.25, 0.3) is 0 Å². The molecule has 1 aliphatic rings. The SMILES string of the molecule is Cc1cnc(Cl)c(NCc2ccccc2C2CC2)c1. The average Bonchev–Trinajstić information content (AvgIpc) is 3.25. The summed E-state index contributed by atoms with van der Waals surface area (Å²) in [5.74, 6) is 0.768. The van der Waals surface area contributed by atoms with Crippen LogP contribution in [-0.4, -0.2) is 4.98 Å². The average molecular weight is 273 g/mol. The van der Waals surface area contributed by atoms with Gasteiger partial charge in [0.15, 0.2) is 5.15 Å². The Morgan fingerprint density at radius 1 is 1.32 bits per heavy atom. The molecule has 0 saturated heterocycles. The standard InChI is InChI=1S/C16H17ClN2/c1-11-8-15(16(17)19-9-11)18-10-13-4-2-3-5-14(13)12-6-7-12/h2-5,8-9,12,18H,6-7,10H2,1H3. The van der Waals surface area contributed by atoms with Gasteiger partial charge in [0.2, 0.25) is 0 Å². The van der Waals surface area contributed by atoms with Crippen molar-refractivity contribution in [2.45, 2.75) is 32.2 Å². The van der Waals surface area contributed by atoms with Crippen LogP contribution in [-0.2, 0) is 6.54 Å². The van der Waals surface area contributed by atoms with Gasteiger partial charge in [-0.1, -0.05) is 35.9 Å². The van der Waals surface area contributed by atoms with E-state index < -0.39 is 0 Å². The Hall–Kier alpha value is -1.54. The van der Waals surface area contributed by atoms with Crippen LogP contribution in [0.25, 0.3) is 0 Å². The first kappa shape index (κ1) is 12.5. The summed E-state index contributed by atoms with van der Waals surface area (Å²) < 4.78 is 0. The van der Waals surface area contributed by atoms with E-state index in [0.29, 0.717) is 5.15 Å². The first-order chi connectivity index (χ1) is 9.24. The van der Waals surface area contributed by atoms with Crippen LogP contribution in [0.1, 0.15) is 35.4 Å². The van der Waals surface area contributed by atoms with Crippen molar-refractivity contribution >= 4 is 17.3 Å². The van der Waals surface area contributed by atoms with Crippen molar-refractivity contribution in [3.05, 3.63) is 58.4 Å². The molecule has 0 unspecified atom stereocenters. The second-order valence-electron chi connectivity index (χ2n) is 5.18. The number of benzene rings is 1. The van der Waals surface area contributed by atoms with E-state index in [0.717, 1.165) is 23.7 Å². The zero-order chi connectivity index (χ0) is 13.2. The molecule has 98 valence electrons. The van der Waals surface area contributed by atoms with Gasteiger partial charge in [-0.2, -0.15) is 0 Å². The minimum atomic E-state index is 0.537. The quantitative estimate of drug-likeness (QED) is 0.827. The normalized spacial score (nSPS) is 14.4. The zero-order valence-corrected chi connectivity index (χ0v) is 11.7. The smallest absolute Gasteiger partial charge is 0.152 e. The van der Waals surface area contributed by atoms with Gasteiger partial charge in [0, 0.05) is 12.7 Å². The van der Waals surface area contributed by atoms with Crippen LogP contribution in [0.5, 0.6) is 0 Å². The van der Waals surface area contributed by atoms with Crippen molar-refractivity contribution in [2.75, 3.05) is 5.32 Å². The first-order valence-corrected chi connectivity index (χ1v) is 7.05. The Bertz CT molecular complexity index is 591. The van der Waals surface area contributed by atoms with Gasteiger partial charge in [-0.25, -0.2) is 4.98 Å². The van der Waals surface area contributed by atoms with Gasteiger partial charge in [0.05, 0.1) is 5.69 Å². The van der Waals surface area contributed by atoms with Crippen LogP contribution in [0.3, 0.4) is 0 Å². The molecule has 2 nitrogen and oxygen atoms in total. The Morgan fingerprint density at radius 3 is 2.89 bits per heavy atom. The van der Waals surface area contributed by atoms with Crippen molar-refractivity contribution in [3.8, 4) is 0 Å². The lowest BCUT2D eigenvalue weighted by Gasteiger charge is -2.12. The van der Waals surface area contributed by atoms with E-state index in [4.69, 9.17) is 11.6 Å². The molecule has 0 atom stereocenters. The lowest BCUT2D eigenvalue weighted by molar-refractivity contribution is 1.03. The Morgan fingerprint density at radius 2 is 2.11 bits per heavy atom. The first-order valence-electron chi connectivity index (χ1n) is 6.68. The number of aromatic nitrogens is 1. The van der Waals surface area contributed by atoms with Crippen LogP contribution in [0, 0.1) is 6.92 Å². The van der Waals surface area contributed by atoms with Crippen molar-refractivity contribution in [2.24, 2.45) is 0 Å². The van der Waals surface area contributed by atoms with E-state index in [1.165, 1.54) is 24.0 Å². The fourth-order valence-corrected chi connectivity index (χ4v) is 2.52. The summed E-state index contributed by atoms with van der Waals surface area (Å²) in [6, 6.07) is 10.7.